The van der Waals surface area contributed by atoms with E-state index in [-0.39, 0.29) is 16.8 Å². The van der Waals surface area contributed by atoms with E-state index in [2.05, 4.69) is 20.8 Å². The third kappa shape index (κ3) is 3.99. The maximum atomic E-state index is 12.6. The van der Waals surface area contributed by atoms with Gasteiger partial charge in [0.05, 0.1) is 16.3 Å². The van der Waals surface area contributed by atoms with Crippen LogP contribution in [-0.2, 0) is 0 Å². The van der Waals surface area contributed by atoms with Crippen molar-refractivity contribution in [2.75, 3.05) is 18.4 Å². The van der Waals surface area contributed by atoms with Gasteiger partial charge in [0.1, 0.15) is 11.2 Å². The SMILES string of the molecule is CCN(CC)C(=O)c1ccc(NC(=O)c2sccc2-n2cnnn2)cc1Cl. The molecule has 0 unspecified atom stereocenters. The molecule has 0 fully saturated rings. The highest BCUT2D eigenvalue weighted by Gasteiger charge is 2.19. The van der Waals surface area contributed by atoms with Gasteiger partial charge < -0.3 is 10.2 Å². The van der Waals surface area contributed by atoms with Gasteiger partial charge in [-0.3, -0.25) is 9.59 Å². The van der Waals surface area contributed by atoms with Crippen LogP contribution in [0.5, 0.6) is 0 Å². The van der Waals surface area contributed by atoms with Crippen molar-refractivity contribution in [1.82, 2.24) is 25.1 Å². The lowest BCUT2D eigenvalue weighted by Crippen LogP contribution is -2.30. The van der Waals surface area contributed by atoms with Crippen molar-refractivity contribution in [2.24, 2.45) is 0 Å². The molecule has 0 spiro atoms. The molecule has 1 aromatic carbocycles. The summed E-state index contributed by atoms with van der Waals surface area (Å²) >= 11 is 7.55. The third-order valence-electron chi connectivity index (χ3n) is 3.95. The van der Waals surface area contributed by atoms with Gasteiger partial charge in [-0.1, -0.05) is 11.6 Å². The number of carbonyl (C=O) groups excluding carboxylic acids is 2. The molecule has 3 aromatic rings. The number of aromatic nitrogens is 4. The molecule has 0 aliphatic rings. The lowest BCUT2D eigenvalue weighted by Gasteiger charge is -2.19. The lowest BCUT2D eigenvalue weighted by atomic mass is 10.1. The summed E-state index contributed by atoms with van der Waals surface area (Å²) in [6.45, 7) is 5.02. The van der Waals surface area contributed by atoms with Gasteiger partial charge in [-0.2, -0.15) is 4.68 Å². The standard InChI is InChI=1S/C17H17ClN6O2S/c1-3-23(4-2)17(26)12-6-5-11(9-13(12)18)20-16(25)15-14(7-8-27-15)24-10-19-21-22-24/h5-10H,3-4H2,1-2H3,(H,20,25). The maximum Gasteiger partial charge on any atom is 0.267 e. The summed E-state index contributed by atoms with van der Waals surface area (Å²) in [5.74, 6) is -0.448. The molecule has 0 aliphatic heterocycles. The topological polar surface area (TPSA) is 93.0 Å². The van der Waals surface area contributed by atoms with E-state index >= 15 is 0 Å². The van der Waals surface area contributed by atoms with Crippen molar-refractivity contribution in [1.29, 1.82) is 0 Å². The fourth-order valence-corrected chi connectivity index (χ4v) is 3.59. The number of halogens is 1. The monoisotopic (exact) mass is 404 g/mol. The molecule has 27 heavy (non-hydrogen) atoms. The normalized spacial score (nSPS) is 10.6. The number of carbonyl (C=O) groups is 2. The van der Waals surface area contributed by atoms with Crippen LogP contribution in [0.2, 0.25) is 5.02 Å². The number of tetrazole rings is 1. The number of thiophene rings is 1. The molecule has 3 rings (SSSR count). The third-order valence-corrected chi connectivity index (χ3v) is 5.17. The summed E-state index contributed by atoms with van der Waals surface area (Å²) in [4.78, 5) is 27.2. The Morgan fingerprint density at radius 1 is 1.26 bits per heavy atom. The first-order chi connectivity index (χ1) is 13.0. The number of rotatable bonds is 6. The van der Waals surface area contributed by atoms with Crippen molar-refractivity contribution >= 4 is 40.4 Å². The average Bonchev–Trinajstić information content (AvgIpc) is 3.34. The number of nitrogens with one attached hydrogen (secondary N) is 1. The van der Waals surface area contributed by atoms with E-state index in [0.29, 0.717) is 34.9 Å². The largest absolute Gasteiger partial charge is 0.339 e. The van der Waals surface area contributed by atoms with E-state index in [9.17, 15) is 9.59 Å². The molecule has 2 heterocycles. The van der Waals surface area contributed by atoms with E-state index in [1.807, 2.05) is 13.8 Å². The van der Waals surface area contributed by atoms with Gasteiger partial charge in [0.15, 0.2) is 0 Å². The number of nitrogens with zero attached hydrogens (tertiary/aromatic N) is 5. The molecule has 8 nitrogen and oxygen atoms in total. The number of anilines is 1. The molecule has 140 valence electrons. The highest BCUT2D eigenvalue weighted by Crippen LogP contribution is 2.25. The number of hydrogen-bond acceptors (Lipinski definition) is 6. The van der Waals surface area contributed by atoms with E-state index in [4.69, 9.17) is 11.6 Å². The summed E-state index contributed by atoms with van der Waals surface area (Å²) in [7, 11) is 0. The number of benzene rings is 1. The van der Waals surface area contributed by atoms with Crippen molar-refractivity contribution in [3.8, 4) is 5.69 Å². The van der Waals surface area contributed by atoms with Gasteiger partial charge in [-0.25, -0.2) is 0 Å². The first-order valence-corrected chi connectivity index (χ1v) is 9.51. The summed E-state index contributed by atoms with van der Waals surface area (Å²) in [6, 6.07) is 6.61. The Hall–Kier alpha value is -2.78. The van der Waals surface area contributed by atoms with Crippen molar-refractivity contribution in [3.05, 3.63) is 51.4 Å². The molecule has 1 N–H and O–H groups in total. The Balaban J connectivity index is 1.79. The smallest absolute Gasteiger partial charge is 0.267 e. The van der Waals surface area contributed by atoms with Gasteiger partial charge in [0, 0.05) is 18.8 Å². The first-order valence-electron chi connectivity index (χ1n) is 8.26. The number of hydrogen-bond donors (Lipinski definition) is 1. The summed E-state index contributed by atoms with van der Waals surface area (Å²) < 4.78 is 1.42. The maximum absolute atomic E-state index is 12.6. The first kappa shape index (κ1) is 19.0. The summed E-state index contributed by atoms with van der Waals surface area (Å²) in [5, 5.41) is 15.8. The Kier molecular flexibility index (Phi) is 5.82. The second-order valence-corrected chi connectivity index (χ2v) is 6.84. The van der Waals surface area contributed by atoms with Crippen LogP contribution in [0.15, 0.2) is 36.0 Å². The Morgan fingerprint density at radius 3 is 2.67 bits per heavy atom. The van der Waals surface area contributed by atoms with Gasteiger partial charge in [-0.15, -0.1) is 16.4 Å². The average molecular weight is 405 g/mol. The van der Waals surface area contributed by atoms with Crippen molar-refractivity contribution in [3.63, 3.8) is 0 Å². The molecule has 0 saturated heterocycles. The van der Waals surface area contributed by atoms with Crippen LogP contribution in [0.1, 0.15) is 33.9 Å². The van der Waals surface area contributed by atoms with Crippen LogP contribution >= 0.6 is 22.9 Å². The van der Waals surface area contributed by atoms with E-state index in [0.717, 1.165) is 0 Å². The van der Waals surface area contributed by atoms with Gasteiger partial charge in [0.25, 0.3) is 11.8 Å². The Morgan fingerprint density at radius 2 is 2.04 bits per heavy atom. The minimum atomic E-state index is -0.311. The summed E-state index contributed by atoms with van der Waals surface area (Å²) in [6.07, 6.45) is 1.42. The van der Waals surface area contributed by atoms with Crippen LogP contribution in [0, 0.1) is 0 Å². The fraction of sp³-hybridized carbons (Fsp3) is 0.235. The van der Waals surface area contributed by atoms with Crippen LogP contribution < -0.4 is 5.32 Å². The zero-order valence-electron chi connectivity index (χ0n) is 14.7. The highest BCUT2D eigenvalue weighted by molar-refractivity contribution is 7.12. The second kappa shape index (κ2) is 8.28. The predicted molar refractivity (Wildman–Crippen MR) is 104 cm³/mol. The number of amides is 2. The van der Waals surface area contributed by atoms with Crippen LogP contribution in [-0.4, -0.2) is 50.0 Å². The summed E-state index contributed by atoms with van der Waals surface area (Å²) in [5.41, 5.74) is 1.49. The molecular weight excluding hydrogens is 388 g/mol. The fourth-order valence-electron chi connectivity index (χ4n) is 2.56. The minimum absolute atomic E-state index is 0.137. The van der Waals surface area contributed by atoms with Crippen LogP contribution in [0.3, 0.4) is 0 Å². The zero-order chi connectivity index (χ0) is 19.4. The van der Waals surface area contributed by atoms with Gasteiger partial charge >= 0.3 is 0 Å². The van der Waals surface area contributed by atoms with E-state index in [1.165, 1.54) is 22.3 Å². The molecule has 2 amide bonds. The van der Waals surface area contributed by atoms with E-state index < -0.39 is 0 Å². The molecule has 10 heteroatoms. The van der Waals surface area contributed by atoms with Gasteiger partial charge in [-0.05, 0) is 53.9 Å². The predicted octanol–water partition coefficient (Wildman–Crippen LogP) is 3.11. The van der Waals surface area contributed by atoms with Crippen molar-refractivity contribution < 1.29 is 9.59 Å². The second-order valence-electron chi connectivity index (χ2n) is 5.52. The molecule has 2 aromatic heterocycles. The van der Waals surface area contributed by atoms with E-state index in [1.54, 1.807) is 34.5 Å². The minimum Gasteiger partial charge on any atom is -0.339 e. The van der Waals surface area contributed by atoms with Crippen LogP contribution in [0.25, 0.3) is 5.69 Å². The Bertz CT molecular complexity index is 952. The molecule has 0 bridgehead atoms. The zero-order valence-corrected chi connectivity index (χ0v) is 16.3. The van der Waals surface area contributed by atoms with Crippen molar-refractivity contribution in [2.45, 2.75) is 13.8 Å². The quantitative estimate of drug-likeness (QED) is 0.681. The molecule has 0 atom stereocenters. The molecule has 0 saturated carbocycles. The highest BCUT2D eigenvalue weighted by atomic mass is 35.5. The van der Waals surface area contributed by atoms with Crippen LogP contribution in [0.4, 0.5) is 5.69 Å². The molecule has 0 aliphatic carbocycles. The molecule has 0 radical (unpaired) electrons. The van der Waals surface area contributed by atoms with Gasteiger partial charge in [0.2, 0.25) is 0 Å². The lowest BCUT2D eigenvalue weighted by molar-refractivity contribution is 0.0773. The Labute approximate surface area is 164 Å². The molecular formula is C17H17ClN6O2S.